The van der Waals surface area contributed by atoms with Gasteiger partial charge < -0.3 is 9.64 Å². The second-order valence-corrected chi connectivity index (χ2v) is 8.56. The van der Waals surface area contributed by atoms with Crippen molar-refractivity contribution in [2.24, 2.45) is 0 Å². The van der Waals surface area contributed by atoms with Gasteiger partial charge >= 0.3 is 0 Å². The van der Waals surface area contributed by atoms with E-state index < -0.39 is 0 Å². The number of hydrogen-bond acceptors (Lipinski definition) is 6. The summed E-state index contributed by atoms with van der Waals surface area (Å²) in [6.07, 6.45) is 3.70. The molecule has 1 fully saturated rings. The molecule has 8 nitrogen and oxygen atoms in total. The smallest absolute Gasteiger partial charge is 0.266 e. The van der Waals surface area contributed by atoms with Crippen LogP contribution in [-0.2, 0) is 6.54 Å². The first-order valence-electron chi connectivity index (χ1n) is 11.8. The maximum Gasteiger partial charge on any atom is 0.266 e. The molecule has 5 rings (SSSR count). The van der Waals surface area contributed by atoms with Crippen LogP contribution in [0, 0.1) is 0 Å². The maximum absolute atomic E-state index is 12.4. The minimum absolute atomic E-state index is 0.0707. The van der Waals surface area contributed by atoms with Crippen LogP contribution in [0.25, 0.3) is 16.9 Å². The third kappa shape index (κ3) is 4.68. The summed E-state index contributed by atoms with van der Waals surface area (Å²) in [5.74, 6) is 1.64. The molecule has 2 aromatic carbocycles. The molecule has 1 aliphatic heterocycles. The number of unbranched alkanes of at least 4 members (excludes halogenated alkanes) is 1. The average Bonchev–Trinajstić information content (AvgIpc) is 3.32. The summed E-state index contributed by atoms with van der Waals surface area (Å²) in [5.41, 5.74) is 2.99. The van der Waals surface area contributed by atoms with E-state index in [2.05, 4.69) is 32.0 Å². The molecule has 3 heterocycles. The number of ether oxygens (including phenoxy) is 1. The van der Waals surface area contributed by atoms with Crippen molar-refractivity contribution in [3.63, 3.8) is 0 Å². The lowest BCUT2D eigenvalue weighted by Gasteiger charge is -2.36. The van der Waals surface area contributed by atoms with Gasteiger partial charge in [-0.15, -0.1) is 0 Å². The Labute approximate surface area is 199 Å². The largest absolute Gasteiger partial charge is 0.495 e. The summed E-state index contributed by atoms with van der Waals surface area (Å²) in [6.45, 7) is 5.67. The van der Waals surface area contributed by atoms with Crippen molar-refractivity contribution in [3.8, 4) is 11.6 Å². The van der Waals surface area contributed by atoms with E-state index in [4.69, 9.17) is 4.74 Å². The van der Waals surface area contributed by atoms with Gasteiger partial charge in [0.1, 0.15) is 12.1 Å². The zero-order valence-corrected chi connectivity index (χ0v) is 19.5. The van der Waals surface area contributed by atoms with Crippen LogP contribution in [0.15, 0.2) is 71.8 Å². The van der Waals surface area contributed by atoms with E-state index in [1.807, 2.05) is 41.0 Å². The second kappa shape index (κ2) is 10.1. The van der Waals surface area contributed by atoms with E-state index in [-0.39, 0.29) is 5.56 Å². The average molecular weight is 459 g/mol. The zero-order valence-electron chi connectivity index (χ0n) is 19.5. The van der Waals surface area contributed by atoms with Crippen molar-refractivity contribution in [3.05, 3.63) is 77.3 Å². The number of aromatic nitrogens is 4. The minimum atomic E-state index is -0.0707. The quantitative estimate of drug-likeness (QED) is 0.378. The summed E-state index contributed by atoms with van der Waals surface area (Å²) in [7, 11) is 1.72. The van der Waals surface area contributed by atoms with Crippen LogP contribution in [0.4, 0.5) is 5.69 Å². The Bertz CT molecular complexity index is 1310. The fourth-order valence-electron chi connectivity index (χ4n) is 4.57. The van der Waals surface area contributed by atoms with Crippen LogP contribution in [-0.4, -0.2) is 64.1 Å². The van der Waals surface area contributed by atoms with Crippen LogP contribution in [0.5, 0.6) is 5.75 Å². The van der Waals surface area contributed by atoms with E-state index in [0.717, 1.165) is 62.3 Å². The fourth-order valence-corrected chi connectivity index (χ4v) is 4.57. The summed E-state index contributed by atoms with van der Waals surface area (Å²) in [6, 6.07) is 19.5. The third-order valence-electron chi connectivity index (χ3n) is 6.45. The van der Waals surface area contributed by atoms with Crippen LogP contribution in [0.1, 0.15) is 12.8 Å². The van der Waals surface area contributed by atoms with Crippen molar-refractivity contribution in [1.82, 2.24) is 24.2 Å². The number of benzene rings is 2. The molecule has 1 saturated heterocycles. The summed E-state index contributed by atoms with van der Waals surface area (Å²) < 4.78 is 9.01. The van der Waals surface area contributed by atoms with E-state index in [0.29, 0.717) is 12.4 Å². The molecular weight excluding hydrogens is 428 g/mol. The molecular formula is C26H30N6O2. The molecule has 2 aromatic heterocycles. The first kappa shape index (κ1) is 22.2. The molecule has 0 amide bonds. The minimum Gasteiger partial charge on any atom is -0.495 e. The van der Waals surface area contributed by atoms with Crippen LogP contribution in [0.2, 0.25) is 0 Å². The van der Waals surface area contributed by atoms with Crippen molar-refractivity contribution in [2.75, 3.05) is 44.7 Å². The summed E-state index contributed by atoms with van der Waals surface area (Å²) >= 11 is 0. The number of imidazole rings is 1. The van der Waals surface area contributed by atoms with Gasteiger partial charge in [0.15, 0.2) is 5.82 Å². The highest BCUT2D eigenvalue weighted by Crippen LogP contribution is 2.28. The Morgan fingerprint density at radius 2 is 1.65 bits per heavy atom. The number of aryl methyl sites for hydroxylation is 1. The molecule has 0 saturated carbocycles. The number of nitrogens with zero attached hydrogens (tertiary/aromatic N) is 6. The van der Waals surface area contributed by atoms with Gasteiger partial charge in [0.05, 0.1) is 23.8 Å². The molecule has 0 spiro atoms. The normalized spacial score (nSPS) is 14.6. The van der Waals surface area contributed by atoms with Crippen molar-refractivity contribution >= 4 is 16.7 Å². The highest BCUT2D eigenvalue weighted by Gasteiger charge is 2.19. The Kier molecular flexibility index (Phi) is 6.58. The standard InChI is InChI=1S/C26H30N6O2/c1-34-24-11-5-4-10-23(24)30-18-16-29(17-19-30)14-6-7-15-32-26(33)13-12-25(28-32)31-20-27-21-8-2-3-9-22(21)31/h2-5,8-13,20H,6-7,14-19H2,1H3. The van der Waals surface area contributed by atoms with Crippen LogP contribution in [0.3, 0.4) is 0 Å². The summed E-state index contributed by atoms with van der Waals surface area (Å²) in [4.78, 5) is 21.7. The molecule has 0 atom stereocenters. The van der Waals surface area contributed by atoms with Crippen LogP contribution < -0.4 is 15.2 Å². The molecule has 4 aromatic rings. The molecule has 0 radical (unpaired) electrons. The number of anilines is 1. The predicted molar refractivity (Wildman–Crippen MR) is 134 cm³/mol. The van der Waals surface area contributed by atoms with Gasteiger partial charge in [0, 0.05) is 38.8 Å². The fraction of sp³-hybridized carbons (Fsp3) is 0.346. The van der Waals surface area contributed by atoms with Gasteiger partial charge in [-0.1, -0.05) is 24.3 Å². The molecule has 0 aliphatic carbocycles. The van der Waals surface area contributed by atoms with Gasteiger partial charge in [-0.25, -0.2) is 9.67 Å². The third-order valence-corrected chi connectivity index (χ3v) is 6.45. The van der Waals surface area contributed by atoms with E-state index in [9.17, 15) is 4.79 Å². The number of fused-ring (bicyclic) bond motifs is 1. The predicted octanol–water partition coefficient (Wildman–Crippen LogP) is 3.19. The molecule has 176 valence electrons. The molecule has 0 bridgehead atoms. The molecule has 34 heavy (non-hydrogen) atoms. The Hall–Kier alpha value is -3.65. The van der Waals surface area contributed by atoms with Gasteiger partial charge in [0.25, 0.3) is 5.56 Å². The lowest BCUT2D eigenvalue weighted by Crippen LogP contribution is -2.46. The zero-order chi connectivity index (χ0) is 23.3. The van der Waals surface area contributed by atoms with Crippen molar-refractivity contribution in [2.45, 2.75) is 19.4 Å². The Morgan fingerprint density at radius 3 is 2.50 bits per heavy atom. The second-order valence-electron chi connectivity index (χ2n) is 8.56. The maximum atomic E-state index is 12.4. The van der Waals surface area contributed by atoms with Crippen molar-refractivity contribution in [1.29, 1.82) is 0 Å². The van der Waals surface area contributed by atoms with Crippen LogP contribution >= 0.6 is 0 Å². The monoisotopic (exact) mass is 458 g/mol. The lowest BCUT2D eigenvalue weighted by molar-refractivity contribution is 0.250. The number of para-hydroxylation sites is 4. The lowest BCUT2D eigenvalue weighted by atomic mass is 10.2. The first-order chi connectivity index (χ1) is 16.7. The highest BCUT2D eigenvalue weighted by molar-refractivity contribution is 5.76. The SMILES string of the molecule is COc1ccccc1N1CCN(CCCCn2nc(-n3cnc4ccccc43)ccc2=O)CC1. The Balaban J connectivity index is 1.14. The molecule has 8 heteroatoms. The van der Waals surface area contributed by atoms with E-state index in [1.54, 1.807) is 30.3 Å². The number of piperazine rings is 1. The van der Waals surface area contributed by atoms with Gasteiger partial charge in [-0.3, -0.25) is 14.3 Å². The number of methoxy groups -OCH3 is 1. The van der Waals surface area contributed by atoms with E-state index >= 15 is 0 Å². The van der Waals surface area contributed by atoms with E-state index in [1.165, 1.54) is 5.69 Å². The summed E-state index contributed by atoms with van der Waals surface area (Å²) in [5, 5.41) is 4.60. The molecule has 1 aliphatic rings. The molecule has 0 unspecified atom stereocenters. The topological polar surface area (TPSA) is 68.4 Å². The highest BCUT2D eigenvalue weighted by atomic mass is 16.5. The van der Waals surface area contributed by atoms with Gasteiger partial charge in [0.2, 0.25) is 0 Å². The number of hydrogen-bond donors (Lipinski definition) is 0. The Morgan fingerprint density at radius 1 is 0.882 bits per heavy atom. The van der Waals surface area contributed by atoms with Gasteiger partial charge in [-0.2, -0.15) is 5.10 Å². The first-order valence-corrected chi connectivity index (χ1v) is 11.8. The molecule has 0 N–H and O–H groups in total. The van der Waals surface area contributed by atoms with Gasteiger partial charge in [-0.05, 0) is 49.7 Å². The van der Waals surface area contributed by atoms with Crippen molar-refractivity contribution < 1.29 is 4.74 Å². The number of rotatable bonds is 8.